The standard InChI is InChI=1S/C20H32O2/c1-5-17(2)11-12-19(4)15(13-17)7-8-16-18(3)9-6-10-20(16,19)22-21-14-18/h5,15-16H,1,6-14H2,2-4H3/t15-,16+,17+,18+,19+,20+/m0/s1. The summed E-state index contributed by atoms with van der Waals surface area (Å²) in [7, 11) is 0. The molecule has 1 aliphatic heterocycles. The molecule has 124 valence electrons. The van der Waals surface area contributed by atoms with Gasteiger partial charge in [-0.1, -0.05) is 26.8 Å². The first-order valence-corrected chi connectivity index (χ1v) is 9.32. The zero-order chi connectivity index (χ0) is 15.6. The highest BCUT2D eigenvalue weighted by atomic mass is 17.2. The lowest BCUT2D eigenvalue weighted by Crippen LogP contribution is -2.69. The van der Waals surface area contributed by atoms with Gasteiger partial charge >= 0.3 is 0 Å². The second-order valence-electron chi connectivity index (χ2n) is 9.55. The van der Waals surface area contributed by atoms with Gasteiger partial charge in [0.25, 0.3) is 0 Å². The molecule has 4 fully saturated rings. The van der Waals surface area contributed by atoms with Crippen molar-refractivity contribution in [2.45, 2.75) is 77.7 Å². The molecular formula is C20H32O2. The van der Waals surface area contributed by atoms with Crippen LogP contribution in [-0.4, -0.2) is 12.2 Å². The van der Waals surface area contributed by atoms with Crippen molar-refractivity contribution in [2.24, 2.45) is 28.1 Å². The third-order valence-electron chi connectivity index (χ3n) is 8.39. The lowest BCUT2D eigenvalue weighted by Gasteiger charge is -2.68. The van der Waals surface area contributed by atoms with Gasteiger partial charge in [0.05, 0.1) is 6.61 Å². The summed E-state index contributed by atoms with van der Waals surface area (Å²) in [5.74, 6) is 1.45. The van der Waals surface area contributed by atoms with Gasteiger partial charge in [-0.05, 0) is 74.0 Å². The lowest BCUT2D eigenvalue weighted by molar-refractivity contribution is -0.471. The molecule has 0 unspecified atom stereocenters. The average molecular weight is 304 g/mol. The fourth-order valence-corrected chi connectivity index (χ4v) is 6.74. The molecule has 1 heterocycles. The Morgan fingerprint density at radius 3 is 2.64 bits per heavy atom. The first-order chi connectivity index (χ1) is 10.4. The predicted octanol–water partition coefficient (Wildman–Crippen LogP) is 5.29. The minimum Gasteiger partial charge on any atom is -0.236 e. The van der Waals surface area contributed by atoms with E-state index in [2.05, 4.69) is 33.4 Å². The largest absolute Gasteiger partial charge is 0.236 e. The van der Waals surface area contributed by atoms with Gasteiger partial charge in [-0.3, -0.25) is 0 Å². The van der Waals surface area contributed by atoms with Gasteiger partial charge in [-0.15, -0.1) is 6.58 Å². The Balaban J connectivity index is 1.74. The summed E-state index contributed by atoms with van der Waals surface area (Å²) in [5, 5.41) is 0. The van der Waals surface area contributed by atoms with E-state index in [0.717, 1.165) is 12.5 Å². The summed E-state index contributed by atoms with van der Waals surface area (Å²) >= 11 is 0. The van der Waals surface area contributed by atoms with Crippen LogP contribution in [0.2, 0.25) is 0 Å². The summed E-state index contributed by atoms with van der Waals surface area (Å²) < 4.78 is 0. The molecule has 0 aromatic carbocycles. The molecule has 0 N–H and O–H groups in total. The smallest absolute Gasteiger partial charge is 0.112 e. The van der Waals surface area contributed by atoms with Crippen LogP contribution in [0.1, 0.15) is 72.1 Å². The van der Waals surface area contributed by atoms with Gasteiger partial charge in [0.1, 0.15) is 5.60 Å². The van der Waals surface area contributed by atoms with Crippen molar-refractivity contribution >= 4 is 0 Å². The highest BCUT2D eigenvalue weighted by Crippen LogP contribution is 2.69. The molecule has 0 radical (unpaired) electrons. The summed E-state index contributed by atoms with van der Waals surface area (Å²) in [4.78, 5) is 12.0. The Morgan fingerprint density at radius 2 is 1.86 bits per heavy atom. The number of hydrogen-bond acceptors (Lipinski definition) is 2. The molecule has 2 nitrogen and oxygen atoms in total. The fraction of sp³-hybridized carbons (Fsp3) is 0.900. The molecule has 3 saturated carbocycles. The normalized spacial score (nSPS) is 57.6. The first-order valence-electron chi connectivity index (χ1n) is 9.32. The average Bonchev–Trinajstić information content (AvgIpc) is 2.48. The molecule has 1 saturated heterocycles. The zero-order valence-corrected chi connectivity index (χ0v) is 14.6. The fourth-order valence-electron chi connectivity index (χ4n) is 6.74. The van der Waals surface area contributed by atoms with Crippen LogP contribution < -0.4 is 0 Å². The maximum atomic E-state index is 6.25. The zero-order valence-electron chi connectivity index (χ0n) is 14.6. The highest BCUT2D eigenvalue weighted by molar-refractivity contribution is 5.17. The topological polar surface area (TPSA) is 18.5 Å². The Bertz CT molecular complexity index is 474. The van der Waals surface area contributed by atoms with Gasteiger partial charge in [0, 0.05) is 5.41 Å². The number of allylic oxidation sites excluding steroid dienone is 1. The molecule has 0 aromatic rings. The maximum absolute atomic E-state index is 6.25. The second-order valence-corrected chi connectivity index (χ2v) is 9.55. The third-order valence-corrected chi connectivity index (χ3v) is 8.39. The van der Waals surface area contributed by atoms with E-state index in [-0.39, 0.29) is 11.0 Å². The summed E-state index contributed by atoms with van der Waals surface area (Å²) in [5.41, 5.74) is 0.912. The van der Waals surface area contributed by atoms with Gasteiger partial charge in [0.2, 0.25) is 0 Å². The molecule has 3 aliphatic carbocycles. The van der Waals surface area contributed by atoms with Crippen LogP contribution in [0, 0.1) is 28.1 Å². The number of fused-ring (bicyclic) bond motifs is 1. The Hall–Kier alpha value is -0.340. The van der Waals surface area contributed by atoms with Crippen molar-refractivity contribution in [2.75, 3.05) is 6.61 Å². The lowest BCUT2D eigenvalue weighted by atomic mass is 9.41. The molecule has 2 heteroatoms. The van der Waals surface area contributed by atoms with Crippen LogP contribution in [0.3, 0.4) is 0 Å². The summed E-state index contributed by atoms with van der Waals surface area (Å²) in [6.07, 6.45) is 12.5. The van der Waals surface area contributed by atoms with Crippen molar-refractivity contribution in [3.8, 4) is 0 Å². The van der Waals surface area contributed by atoms with Gasteiger partial charge < -0.3 is 0 Å². The highest BCUT2D eigenvalue weighted by Gasteiger charge is 2.68. The molecule has 2 bridgehead atoms. The molecule has 22 heavy (non-hydrogen) atoms. The molecular weight excluding hydrogens is 272 g/mol. The quantitative estimate of drug-likeness (QED) is 0.484. The van der Waals surface area contributed by atoms with E-state index in [1.165, 1.54) is 51.4 Å². The molecule has 0 spiro atoms. The van der Waals surface area contributed by atoms with Crippen LogP contribution in [-0.2, 0) is 9.78 Å². The molecule has 6 atom stereocenters. The van der Waals surface area contributed by atoms with Crippen LogP contribution in [0.5, 0.6) is 0 Å². The van der Waals surface area contributed by atoms with Crippen LogP contribution in [0.25, 0.3) is 0 Å². The Kier molecular flexibility index (Phi) is 3.18. The van der Waals surface area contributed by atoms with E-state index in [0.29, 0.717) is 16.7 Å². The Morgan fingerprint density at radius 1 is 1.05 bits per heavy atom. The second kappa shape index (κ2) is 4.60. The van der Waals surface area contributed by atoms with Gasteiger partial charge in [0.15, 0.2) is 0 Å². The molecule has 0 amide bonds. The summed E-state index contributed by atoms with van der Waals surface area (Å²) in [6, 6.07) is 0. The Labute approximate surface area is 135 Å². The van der Waals surface area contributed by atoms with Gasteiger partial charge in [-0.2, -0.15) is 0 Å². The maximum Gasteiger partial charge on any atom is 0.112 e. The van der Waals surface area contributed by atoms with Crippen molar-refractivity contribution in [3.05, 3.63) is 12.7 Å². The monoisotopic (exact) mass is 304 g/mol. The third kappa shape index (κ3) is 1.74. The van der Waals surface area contributed by atoms with E-state index < -0.39 is 0 Å². The van der Waals surface area contributed by atoms with Crippen LogP contribution in [0.15, 0.2) is 12.7 Å². The minimum absolute atomic E-state index is 0.0241. The van der Waals surface area contributed by atoms with Gasteiger partial charge in [-0.25, -0.2) is 9.78 Å². The van der Waals surface area contributed by atoms with E-state index in [1.54, 1.807) is 0 Å². The summed E-state index contributed by atoms with van der Waals surface area (Å²) in [6.45, 7) is 12.3. The molecule has 4 rings (SSSR count). The SMILES string of the molecule is C=C[C@]1(C)CC[C@]2(C)[C@@H](CC[C@@H]3[C@]4(C)CCC[C@@]32OOC4)C1. The predicted molar refractivity (Wildman–Crippen MR) is 88.2 cm³/mol. The number of hydrogen-bond donors (Lipinski definition) is 0. The number of rotatable bonds is 1. The van der Waals surface area contributed by atoms with Crippen molar-refractivity contribution in [1.82, 2.24) is 0 Å². The van der Waals surface area contributed by atoms with Crippen LogP contribution >= 0.6 is 0 Å². The van der Waals surface area contributed by atoms with Crippen molar-refractivity contribution in [1.29, 1.82) is 0 Å². The minimum atomic E-state index is -0.0241. The van der Waals surface area contributed by atoms with Crippen molar-refractivity contribution in [3.63, 3.8) is 0 Å². The van der Waals surface area contributed by atoms with E-state index >= 15 is 0 Å². The van der Waals surface area contributed by atoms with E-state index in [9.17, 15) is 0 Å². The van der Waals surface area contributed by atoms with Crippen molar-refractivity contribution < 1.29 is 9.78 Å². The van der Waals surface area contributed by atoms with E-state index in [1.807, 2.05) is 0 Å². The molecule has 0 aromatic heterocycles. The van der Waals surface area contributed by atoms with Crippen LogP contribution in [0.4, 0.5) is 0 Å². The van der Waals surface area contributed by atoms with E-state index in [4.69, 9.17) is 9.78 Å². The first kappa shape index (κ1) is 15.2. The molecule has 4 aliphatic rings.